The number of H-pyrrole nitrogens is 1. The number of alkyl carbamates (subject to hydrolysis) is 1. The Morgan fingerprint density at radius 3 is 2.69 bits per heavy atom. The number of halogens is 1. The highest BCUT2D eigenvalue weighted by Gasteiger charge is 2.54. The van der Waals surface area contributed by atoms with Gasteiger partial charge in [-0.15, -0.1) is 0 Å². The maximum absolute atomic E-state index is 14.2. The van der Waals surface area contributed by atoms with Crippen LogP contribution in [-0.2, 0) is 25.6 Å². The number of rotatable bonds is 9. The van der Waals surface area contributed by atoms with Gasteiger partial charge >= 0.3 is 6.09 Å². The summed E-state index contributed by atoms with van der Waals surface area (Å²) in [6, 6.07) is 5.15. The molecule has 2 fully saturated rings. The zero-order valence-corrected chi connectivity index (χ0v) is 24.0. The van der Waals surface area contributed by atoms with Crippen LogP contribution in [0.2, 0.25) is 5.02 Å². The molecular weight excluding hydrogens is 522 g/mol. The van der Waals surface area contributed by atoms with Crippen LogP contribution in [0.1, 0.15) is 58.9 Å². The average Bonchev–Trinajstić information content (AvgIpc) is 3.24. The van der Waals surface area contributed by atoms with Gasteiger partial charge in [0.05, 0.1) is 11.6 Å². The van der Waals surface area contributed by atoms with Gasteiger partial charge in [-0.25, -0.2) is 4.79 Å². The molecule has 0 bridgehead atoms. The summed E-state index contributed by atoms with van der Waals surface area (Å²) in [7, 11) is 0. The number of nitrogens with one attached hydrogen (secondary N) is 4. The van der Waals surface area contributed by atoms with Crippen LogP contribution in [0.4, 0.5) is 4.79 Å². The van der Waals surface area contributed by atoms with Gasteiger partial charge < -0.3 is 35.3 Å². The summed E-state index contributed by atoms with van der Waals surface area (Å²) in [6.45, 7) is 9.57. The maximum Gasteiger partial charge on any atom is 0.408 e. The molecule has 3 heterocycles. The number of morpholine rings is 1. The summed E-state index contributed by atoms with van der Waals surface area (Å²) in [5.74, 6) is -0.554. The number of amides is 3. The second-order valence-electron chi connectivity index (χ2n) is 11.3. The molecule has 214 valence electrons. The van der Waals surface area contributed by atoms with E-state index in [1.165, 1.54) is 0 Å². The standard InChI is InChI=1S/C28H40ClN5O5/c1-5-6-10-28(23-17-30-11-13-38-23,33-26(37)39-27(2,3)4)25(36)34-12-9-22(34)24(35)32-15-18-7-8-21-19(14-18)20(29)16-31-21/h7-8,14,16,22-23,30-31H,5-6,9-13,15,17H2,1-4H3,(H,32,35)(H,33,37). The lowest BCUT2D eigenvalue weighted by Crippen LogP contribution is -2.73. The summed E-state index contributed by atoms with van der Waals surface area (Å²) < 4.78 is 11.6. The van der Waals surface area contributed by atoms with E-state index in [-0.39, 0.29) is 11.8 Å². The summed E-state index contributed by atoms with van der Waals surface area (Å²) in [6.07, 6.45) is 2.88. The van der Waals surface area contributed by atoms with Crippen LogP contribution in [-0.4, -0.2) is 77.3 Å². The molecule has 4 rings (SSSR count). The predicted octanol–water partition coefficient (Wildman–Crippen LogP) is 3.48. The number of hydrogen-bond donors (Lipinski definition) is 4. The normalized spacial score (nSPS) is 21.1. The highest BCUT2D eigenvalue weighted by Crippen LogP contribution is 2.31. The number of hydrogen-bond acceptors (Lipinski definition) is 6. The Balaban J connectivity index is 1.51. The van der Waals surface area contributed by atoms with Gasteiger partial charge in [-0.05, 0) is 51.3 Å². The van der Waals surface area contributed by atoms with Crippen molar-refractivity contribution in [3.8, 4) is 0 Å². The number of nitrogens with zero attached hydrogens (tertiary/aromatic N) is 1. The van der Waals surface area contributed by atoms with Gasteiger partial charge in [0.2, 0.25) is 5.91 Å². The van der Waals surface area contributed by atoms with E-state index >= 15 is 0 Å². The third-order valence-corrected chi connectivity index (χ3v) is 7.57. The summed E-state index contributed by atoms with van der Waals surface area (Å²) >= 11 is 6.24. The third kappa shape index (κ3) is 6.67. The summed E-state index contributed by atoms with van der Waals surface area (Å²) in [4.78, 5) is 45.2. The van der Waals surface area contributed by atoms with Crippen LogP contribution >= 0.6 is 11.6 Å². The van der Waals surface area contributed by atoms with E-state index in [0.717, 1.165) is 22.9 Å². The second kappa shape index (κ2) is 12.1. The minimum Gasteiger partial charge on any atom is -0.444 e. The van der Waals surface area contributed by atoms with Crippen molar-refractivity contribution in [3.63, 3.8) is 0 Å². The van der Waals surface area contributed by atoms with Crippen LogP contribution < -0.4 is 16.0 Å². The average molecular weight is 562 g/mol. The molecule has 0 saturated carbocycles. The molecule has 0 aliphatic carbocycles. The quantitative estimate of drug-likeness (QED) is 0.371. The lowest BCUT2D eigenvalue weighted by molar-refractivity contribution is -0.160. The fraction of sp³-hybridized carbons (Fsp3) is 0.607. The Kier molecular flexibility index (Phi) is 9.08. The van der Waals surface area contributed by atoms with Gasteiger partial charge in [-0.2, -0.15) is 0 Å². The van der Waals surface area contributed by atoms with Crippen LogP contribution in [0.25, 0.3) is 10.9 Å². The number of unbranched alkanes of at least 4 members (excludes halogenated alkanes) is 1. The Labute approximate surface area is 234 Å². The van der Waals surface area contributed by atoms with Crippen LogP contribution in [0.3, 0.4) is 0 Å². The number of aromatic amines is 1. The van der Waals surface area contributed by atoms with Gasteiger partial charge in [0.15, 0.2) is 0 Å². The van der Waals surface area contributed by atoms with Crippen molar-refractivity contribution in [2.45, 2.75) is 83.2 Å². The van der Waals surface area contributed by atoms with E-state index < -0.39 is 29.4 Å². The van der Waals surface area contributed by atoms with Crippen molar-refractivity contribution in [2.24, 2.45) is 0 Å². The molecule has 0 radical (unpaired) electrons. The second-order valence-corrected chi connectivity index (χ2v) is 11.7. The highest BCUT2D eigenvalue weighted by atomic mass is 35.5. The highest BCUT2D eigenvalue weighted by molar-refractivity contribution is 6.35. The van der Waals surface area contributed by atoms with E-state index in [2.05, 4.69) is 20.9 Å². The molecule has 11 heteroatoms. The minimum absolute atomic E-state index is 0.237. The van der Waals surface area contributed by atoms with E-state index in [9.17, 15) is 14.4 Å². The lowest BCUT2D eigenvalue weighted by atomic mass is 9.82. The number of ether oxygens (including phenoxy) is 2. The lowest BCUT2D eigenvalue weighted by Gasteiger charge is -2.49. The topological polar surface area (TPSA) is 125 Å². The van der Waals surface area contributed by atoms with Gasteiger partial charge in [0.1, 0.15) is 23.3 Å². The molecule has 4 N–H and O–H groups in total. The van der Waals surface area contributed by atoms with Crippen molar-refractivity contribution in [1.82, 2.24) is 25.8 Å². The number of carbonyl (C=O) groups excluding carboxylic acids is 3. The number of carbonyl (C=O) groups is 3. The Bertz CT molecular complexity index is 1190. The molecule has 1 aromatic heterocycles. The van der Waals surface area contributed by atoms with Crippen molar-refractivity contribution >= 4 is 40.4 Å². The largest absolute Gasteiger partial charge is 0.444 e. The van der Waals surface area contributed by atoms with Crippen molar-refractivity contribution < 1.29 is 23.9 Å². The van der Waals surface area contributed by atoms with E-state index in [0.29, 0.717) is 57.1 Å². The first-order valence-electron chi connectivity index (χ1n) is 13.7. The van der Waals surface area contributed by atoms with E-state index in [1.807, 2.05) is 25.1 Å². The molecule has 3 atom stereocenters. The Hall–Kier alpha value is -2.82. The fourth-order valence-electron chi connectivity index (χ4n) is 5.14. The Morgan fingerprint density at radius 1 is 1.26 bits per heavy atom. The third-order valence-electron chi connectivity index (χ3n) is 7.25. The number of fused-ring (bicyclic) bond motifs is 1. The zero-order valence-electron chi connectivity index (χ0n) is 23.2. The number of aromatic nitrogens is 1. The molecule has 3 unspecified atom stereocenters. The van der Waals surface area contributed by atoms with Crippen molar-refractivity contribution in [3.05, 3.63) is 35.0 Å². The van der Waals surface area contributed by atoms with Crippen molar-refractivity contribution in [1.29, 1.82) is 0 Å². The molecule has 0 spiro atoms. The molecular formula is C28H40ClN5O5. The maximum atomic E-state index is 14.2. The molecule has 2 aliphatic rings. The molecule has 2 aromatic rings. The SMILES string of the molecule is CCCCC(NC(=O)OC(C)(C)C)(C(=O)N1CCC1C(=O)NCc1ccc2[nH]cc(Cl)c2c1)C1CNCCO1. The molecule has 39 heavy (non-hydrogen) atoms. The zero-order chi connectivity index (χ0) is 28.2. The van der Waals surface area contributed by atoms with Gasteiger partial charge in [-0.1, -0.05) is 37.4 Å². The first-order chi connectivity index (χ1) is 18.5. The van der Waals surface area contributed by atoms with Crippen LogP contribution in [0, 0.1) is 0 Å². The molecule has 10 nitrogen and oxygen atoms in total. The number of likely N-dealkylation sites (tertiary alicyclic amines) is 1. The van der Waals surface area contributed by atoms with Crippen LogP contribution in [0.5, 0.6) is 0 Å². The minimum atomic E-state index is -1.36. The summed E-state index contributed by atoms with van der Waals surface area (Å²) in [5.41, 5.74) is -0.269. The molecule has 3 amide bonds. The molecule has 2 saturated heterocycles. The molecule has 2 aliphatic heterocycles. The van der Waals surface area contributed by atoms with Gasteiger partial charge in [-0.3, -0.25) is 9.59 Å². The van der Waals surface area contributed by atoms with E-state index in [1.54, 1.807) is 31.9 Å². The monoisotopic (exact) mass is 561 g/mol. The smallest absolute Gasteiger partial charge is 0.408 e. The predicted molar refractivity (Wildman–Crippen MR) is 150 cm³/mol. The number of benzene rings is 1. The van der Waals surface area contributed by atoms with Gasteiger partial charge in [0.25, 0.3) is 5.91 Å². The summed E-state index contributed by atoms with van der Waals surface area (Å²) in [5, 5.41) is 10.7. The first-order valence-corrected chi connectivity index (χ1v) is 14.1. The molecule has 1 aromatic carbocycles. The van der Waals surface area contributed by atoms with E-state index in [4.69, 9.17) is 21.1 Å². The fourth-order valence-corrected chi connectivity index (χ4v) is 5.35. The van der Waals surface area contributed by atoms with Crippen molar-refractivity contribution in [2.75, 3.05) is 26.2 Å². The van der Waals surface area contributed by atoms with Crippen LogP contribution in [0.15, 0.2) is 24.4 Å². The Morgan fingerprint density at radius 2 is 2.05 bits per heavy atom. The van der Waals surface area contributed by atoms with Gasteiger partial charge in [0, 0.05) is 43.3 Å². The first kappa shape index (κ1) is 29.2.